The van der Waals surface area contributed by atoms with E-state index >= 15 is 0 Å². The fourth-order valence-corrected chi connectivity index (χ4v) is 1.23. The van der Waals surface area contributed by atoms with E-state index in [9.17, 15) is 0 Å². The van der Waals surface area contributed by atoms with Gasteiger partial charge in [0.1, 0.15) is 11.6 Å². The highest BCUT2D eigenvalue weighted by Crippen LogP contribution is 2.31. The first kappa shape index (κ1) is 10.3. The Morgan fingerprint density at radius 3 is 2.46 bits per heavy atom. The lowest BCUT2D eigenvalue weighted by Crippen LogP contribution is -2.17. The highest BCUT2D eigenvalue weighted by atomic mass is 32.2. The monoisotopic (exact) mass is 197 g/mol. The molecule has 1 rings (SSSR count). The molecular weight excluding hydrogens is 182 g/mol. The fraction of sp³-hybridized carbons (Fsp3) is 0.556. The molecule has 1 heterocycles. The number of hydrogen-bond acceptors (Lipinski definition) is 4. The van der Waals surface area contributed by atoms with Gasteiger partial charge in [-0.25, -0.2) is 9.97 Å². The molecule has 0 atom stereocenters. The van der Waals surface area contributed by atoms with Gasteiger partial charge in [-0.05, 0) is 27.0 Å². The van der Waals surface area contributed by atoms with Gasteiger partial charge in [-0.2, -0.15) is 11.8 Å². The molecule has 0 spiro atoms. The van der Waals surface area contributed by atoms with Crippen LogP contribution in [-0.2, 0) is 4.75 Å². The molecule has 0 saturated heterocycles. The number of anilines is 1. The highest BCUT2D eigenvalue weighted by molar-refractivity contribution is 7.99. The van der Waals surface area contributed by atoms with Gasteiger partial charge in [0.05, 0.1) is 4.75 Å². The zero-order valence-electron chi connectivity index (χ0n) is 8.46. The average molecular weight is 197 g/mol. The van der Waals surface area contributed by atoms with Crippen LogP contribution in [0.25, 0.3) is 0 Å². The summed E-state index contributed by atoms with van der Waals surface area (Å²) in [5.74, 6) is 1.35. The smallest absolute Gasteiger partial charge is 0.146 e. The molecule has 0 amide bonds. The van der Waals surface area contributed by atoms with Gasteiger partial charge in [-0.3, -0.25) is 0 Å². The van der Waals surface area contributed by atoms with Gasteiger partial charge in [-0.15, -0.1) is 0 Å². The third-order valence-electron chi connectivity index (χ3n) is 1.92. The van der Waals surface area contributed by atoms with Crippen LogP contribution in [0.2, 0.25) is 0 Å². The Balaban J connectivity index is 3.15. The lowest BCUT2D eigenvalue weighted by Gasteiger charge is -2.20. The number of nitrogens with two attached hydrogens (primary N) is 1. The summed E-state index contributed by atoms with van der Waals surface area (Å²) >= 11 is 1.72. The van der Waals surface area contributed by atoms with Gasteiger partial charge in [0.25, 0.3) is 0 Å². The standard InChI is InChI=1S/C9H15N3S/c1-6-5-7(10)12-8(11-6)9(2,3)13-4/h5H,1-4H3,(H2,10,11,12). The zero-order chi connectivity index (χ0) is 10.1. The molecule has 72 valence electrons. The maximum Gasteiger partial charge on any atom is 0.146 e. The first-order valence-corrected chi connectivity index (χ1v) is 5.35. The van der Waals surface area contributed by atoms with E-state index in [0.29, 0.717) is 5.82 Å². The number of thioether (sulfide) groups is 1. The van der Waals surface area contributed by atoms with Gasteiger partial charge in [-0.1, -0.05) is 0 Å². The van der Waals surface area contributed by atoms with Crippen LogP contribution in [0.1, 0.15) is 25.4 Å². The lowest BCUT2D eigenvalue weighted by atomic mass is 10.2. The molecule has 0 unspecified atom stereocenters. The Hall–Kier alpha value is -0.770. The maximum atomic E-state index is 5.65. The van der Waals surface area contributed by atoms with E-state index < -0.39 is 0 Å². The third kappa shape index (κ3) is 2.34. The summed E-state index contributed by atoms with van der Waals surface area (Å²) < 4.78 is -0.0693. The quantitative estimate of drug-likeness (QED) is 0.787. The minimum absolute atomic E-state index is 0.0693. The molecule has 1 aromatic rings. The van der Waals surface area contributed by atoms with Crippen molar-refractivity contribution in [3.05, 3.63) is 17.6 Å². The number of rotatable bonds is 2. The lowest BCUT2D eigenvalue weighted by molar-refractivity contribution is 0.706. The summed E-state index contributed by atoms with van der Waals surface area (Å²) in [4.78, 5) is 8.59. The van der Waals surface area contributed by atoms with Crippen molar-refractivity contribution in [1.29, 1.82) is 0 Å². The fourth-order valence-electron chi connectivity index (χ4n) is 0.953. The van der Waals surface area contributed by atoms with Crippen molar-refractivity contribution in [3.63, 3.8) is 0 Å². The summed E-state index contributed by atoms with van der Waals surface area (Å²) in [6, 6.07) is 1.78. The van der Waals surface area contributed by atoms with E-state index in [1.807, 2.05) is 13.2 Å². The van der Waals surface area contributed by atoms with E-state index in [1.165, 1.54) is 0 Å². The van der Waals surface area contributed by atoms with Gasteiger partial charge >= 0.3 is 0 Å². The molecule has 0 aliphatic heterocycles. The molecule has 1 aromatic heterocycles. The summed E-state index contributed by atoms with van der Waals surface area (Å²) in [6.45, 7) is 6.11. The van der Waals surface area contributed by atoms with Crippen molar-refractivity contribution in [1.82, 2.24) is 9.97 Å². The predicted octanol–water partition coefficient (Wildman–Crippen LogP) is 1.97. The normalized spacial score (nSPS) is 11.7. The maximum absolute atomic E-state index is 5.65. The molecule has 0 aromatic carbocycles. The highest BCUT2D eigenvalue weighted by Gasteiger charge is 2.22. The predicted molar refractivity (Wildman–Crippen MR) is 57.7 cm³/mol. The molecular formula is C9H15N3S. The Bertz CT molecular complexity index is 289. The Morgan fingerprint density at radius 2 is 2.00 bits per heavy atom. The average Bonchev–Trinajstić information content (AvgIpc) is 2.02. The number of aromatic nitrogens is 2. The van der Waals surface area contributed by atoms with E-state index in [-0.39, 0.29) is 4.75 Å². The number of hydrogen-bond donors (Lipinski definition) is 1. The van der Waals surface area contributed by atoms with Crippen LogP contribution in [0.4, 0.5) is 5.82 Å². The Morgan fingerprint density at radius 1 is 1.38 bits per heavy atom. The van der Waals surface area contributed by atoms with Crippen molar-refractivity contribution < 1.29 is 0 Å². The largest absolute Gasteiger partial charge is 0.384 e. The van der Waals surface area contributed by atoms with Crippen LogP contribution in [0.3, 0.4) is 0 Å². The van der Waals surface area contributed by atoms with E-state index in [4.69, 9.17) is 5.73 Å². The van der Waals surface area contributed by atoms with Crippen molar-refractivity contribution in [3.8, 4) is 0 Å². The second-order valence-corrected chi connectivity index (χ2v) is 4.90. The van der Waals surface area contributed by atoms with Gasteiger partial charge < -0.3 is 5.73 Å². The second-order valence-electron chi connectivity index (χ2n) is 3.47. The molecule has 13 heavy (non-hydrogen) atoms. The minimum atomic E-state index is -0.0693. The van der Waals surface area contributed by atoms with Crippen LogP contribution in [-0.4, -0.2) is 16.2 Å². The molecule has 3 nitrogen and oxygen atoms in total. The molecule has 0 aliphatic rings. The van der Waals surface area contributed by atoms with Crippen LogP contribution in [0.5, 0.6) is 0 Å². The topological polar surface area (TPSA) is 51.8 Å². The van der Waals surface area contributed by atoms with Crippen LogP contribution < -0.4 is 5.73 Å². The first-order chi connectivity index (χ1) is 5.95. The van der Waals surface area contributed by atoms with E-state index in [2.05, 4.69) is 23.8 Å². The third-order valence-corrected chi connectivity index (χ3v) is 3.13. The summed E-state index contributed by atoms with van der Waals surface area (Å²) in [6.07, 6.45) is 2.04. The first-order valence-electron chi connectivity index (χ1n) is 4.12. The van der Waals surface area contributed by atoms with E-state index in [0.717, 1.165) is 11.5 Å². The molecule has 0 aliphatic carbocycles. The number of aryl methyl sites for hydroxylation is 1. The summed E-state index contributed by atoms with van der Waals surface area (Å²) in [5.41, 5.74) is 6.57. The van der Waals surface area contributed by atoms with E-state index in [1.54, 1.807) is 17.8 Å². The molecule has 2 N–H and O–H groups in total. The number of nitrogens with zero attached hydrogens (tertiary/aromatic N) is 2. The molecule has 0 fully saturated rings. The van der Waals surface area contributed by atoms with Crippen LogP contribution >= 0.6 is 11.8 Å². The summed E-state index contributed by atoms with van der Waals surface area (Å²) in [7, 11) is 0. The Labute approximate surface area is 83.2 Å². The van der Waals surface area contributed by atoms with Crippen LogP contribution in [0.15, 0.2) is 6.07 Å². The molecule has 4 heteroatoms. The van der Waals surface area contributed by atoms with Crippen molar-refractivity contribution >= 4 is 17.6 Å². The van der Waals surface area contributed by atoms with Crippen molar-refractivity contribution in [2.45, 2.75) is 25.5 Å². The zero-order valence-corrected chi connectivity index (χ0v) is 9.27. The molecule has 0 radical (unpaired) electrons. The van der Waals surface area contributed by atoms with Crippen molar-refractivity contribution in [2.75, 3.05) is 12.0 Å². The number of nitrogen functional groups attached to an aromatic ring is 1. The molecule has 0 bridgehead atoms. The van der Waals surface area contributed by atoms with Gasteiger partial charge in [0.2, 0.25) is 0 Å². The van der Waals surface area contributed by atoms with Crippen molar-refractivity contribution in [2.24, 2.45) is 0 Å². The Kier molecular flexibility index (Phi) is 2.81. The second kappa shape index (κ2) is 3.54. The molecule has 0 saturated carbocycles. The summed E-state index contributed by atoms with van der Waals surface area (Å²) in [5, 5.41) is 0. The van der Waals surface area contributed by atoms with Gasteiger partial charge in [0, 0.05) is 11.8 Å². The van der Waals surface area contributed by atoms with Crippen LogP contribution in [0, 0.1) is 6.92 Å². The SMILES string of the molecule is CSC(C)(C)c1nc(C)cc(N)n1. The van der Waals surface area contributed by atoms with Gasteiger partial charge in [0.15, 0.2) is 0 Å². The minimum Gasteiger partial charge on any atom is -0.384 e.